The highest BCUT2D eigenvalue weighted by atomic mass is 79.9. The Kier molecular flexibility index (Phi) is 2.21. The van der Waals surface area contributed by atoms with Crippen molar-refractivity contribution in [2.45, 2.75) is 50.4 Å². The molecule has 0 saturated heterocycles. The average Bonchev–Trinajstić information content (AvgIpc) is 2.76. The fourth-order valence-corrected chi connectivity index (χ4v) is 4.13. The maximum Gasteiger partial charge on any atom is 0.0178 e. The van der Waals surface area contributed by atoms with Gasteiger partial charge in [-0.25, -0.2) is 0 Å². The largest absolute Gasteiger partial charge is 0.0584 e. The molecule has 1 heteroatoms. The molecule has 0 bridgehead atoms. The van der Waals surface area contributed by atoms with E-state index in [-0.39, 0.29) is 0 Å². The van der Waals surface area contributed by atoms with Gasteiger partial charge in [0.05, 0.1) is 0 Å². The minimum Gasteiger partial charge on any atom is -0.0584 e. The summed E-state index contributed by atoms with van der Waals surface area (Å²) in [5.74, 6) is 0.760. The molecule has 1 saturated carbocycles. The number of hydrogen-bond acceptors (Lipinski definition) is 0. The normalized spacial score (nSPS) is 27.2. The summed E-state index contributed by atoms with van der Waals surface area (Å²) in [7, 11) is 0. The predicted octanol–water partition coefficient (Wildman–Crippen LogP) is 4.77. The Morgan fingerprint density at radius 2 is 2.00 bits per heavy atom. The molecule has 2 aliphatic rings. The Morgan fingerprint density at radius 1 is 1.27 bits per heavy atom. The maximum atomic E-state index is 3.59. The molecule has 0 aromatic heterocycles. The third-order valence-electron chi connectivity index (χ3n) is 4.37. The van der Waals surface area contributed by atoms with Crippen molar-refractivity contribution in [1.29, 1.82) is 0 Å². The van der Waals surface area contributed by atoms with Gasteiger partial charge >= 0.3 is 0 Å². The number of hydrogen-bond donors (Lipinski definition) is 0. The molecule has 80 valence electrons. The van der Waals surface area contributed by atoms with Gasteiger partial charge < -0.3 is 0 Å². The van der Waals surface area contributed by atoms with E-state index in [0.717, 1.165) is 5.92 Å². The summed E-state index contributed by atoms with van der Waals surface area (Å²) in [5.41, 5.74) is 3.83. The highest BCUT2D eigenvalue weighted by molar-refractivity contribution is 9.10. The summed E-state index contributed by atoms with van der Waals surface area (Å²) in [5, 5.41) is 0. The number of benzene rings is 1. The molecule has 1 spiro atoms. The second-order valence-electron chi connectivity index (χ2n) is 5.32. The first-order valence-corrected chi connectivity index (χ1v) is 6.80. The fraction of sp³-hybridized carbons (Fsp3) is 0.571. The maximum absolute atomic E-state index is 3.59. The lowest BCUT2D eigenvalue weighted by molar-refractivity contribution is 0.417. The van der Waals surface area contributed by atoms with E-state index in [4.69, 9.17) is 0 Å². The van der Waals surface area contributed by atoms with Crippen LogP contribution in [-0.4, -0.2) is 0 Å². The SMILES string of the molecule is CC1CC2(CCCC2)c2ccc(Br)cc21. The lowest BCUT2D eigenvalue weighted by Gasteiger charge is -2.24. The van der Waals surface area contributed by atoms with Crippen LogP contribution in [0, 0.1) is 0 Å². The topological polar surface area (TPSA) is 0 Å². The molecule has 0 nitrogen and oxygen atoms in total. The second-order valence-corrected chi connectivity index (χ2v) is 6.24. The van der Waals surface area contributed by atoms with E-state index in [9.17, 15) is 0 Å². The Balaban J connectivity index is 2.13. The van der Waals surface area contributed by atoms with Crippen LogP contribution >= 0.6 is 15.9 Å². The smallest absolute Gasteiger partial charge is 0.0178 e. The molecule has 15 heavy (non-hydrogen) atoms. The summed E-state index contributed by atoms with van der Waals surface area (Å²) in [6.07, 6.45) is 7.10. The van der Waals surface area contributed by atoms with Gasteiger partial charge in [0.2, 0.25) is 0 Å². The zero-order valence-electron chi connectivity index (χ0n) is 9.22. The lowest BCUT2D eigenvalue weighted by atomic mass is 9.80. The Bertz CT molecular complexity index is 388. The molecule has 3 rings (SSSR count). The molecule has 1 aromatic carbocycles. The molecule has 0 aliphatic heterocycles. The molecule has 0 radical (unpaired) electrons. The molecule has 1 atom stereocenters. The van der Waals surface area contributed by atoms with Gasteiger partial charge in [0.25, 0.3) is 0 Å². The van der Waals surface area contributed by atoms with E-state index >= 15 is 0 Å². The molecule has 1 aromatic rings. The second kappa shape index (κ2) is 3.35. The summed E-state index contributed by atoms with van der Waals surface area (Å²) >= 11 is 3.59. The Hall–Kier alpha value is -0.300. The highest BCUT2D eigenvalue weighted by Crippen LogP contribution is 2.54. The lowest BCUT2D eigenvalue weighted by Crippen LogP contribution is -2.17. The molecule has 0 N–H and O–H groups in total. The third kappa shape index (κ3) is 1.39. The number of halogens is 1. The number of fused-ring (bicyclic) bond motifs is 2. The van der Waals surface area contributed by atoms with Crippen molar-refractivity contribution in [3.63, 3.8) is 0 Å². The first-order valence-electron chi connectivity index (χ1n) is 6.01. The Morgan fingerprint density at radius 3 is 2.73 bits per heavy atom. The summed E-state index contributed by atoms with van der Waals surface area (Å²) in [4.78, 5) is 0. The van der Waals surface area contributed by atoms with Crippen molar-refractivity contribution in [2.75, 3.05) is 0 Å². The predicted molar refractivity (Wildman–Crippen MR) is 67.3 cm³/mol. The van der Waals surface area contributed by atoms with E-state index in [1.165, 1.54) is 36.6 Å². The molecule has 2 aliphatic carbocycles. The monoisotopic (exact) mass is 264 g/mol. The van der Waals surface area contributed by atoms with E-state index < -0.39 is 0 Å². The first kappa shape index (κ1) is 9.89. The van der Waals surface area contributed by atoms with Gasteiger partial charge in [0, 0.05) is 4.47 Å². The van der Waals surface area contributed by atoms with Crippen LogP contribution in [0.3, 0.4) is 0 Å². The van der Waals surface area contributed by atoms with Crippen molar-refractivity contribution >= 4 is 15.9 Å². The Labute approximate surface area is 100 Å². The molecule has 0 amide bonds. The van der Waals surface area contributed by atoms with Gasteiger partial charge in [0.15, 0.2) is 0 Å². The minimum absolute atomic E-state index is 0.565. The quantitative estimate of drug-likeness (QED) is 0.634. The van der Waals surface area contributed by atoms with Gasteiger partial charge in [-0.3, -0.25) is 0 Å². The van der Waals surface area contributed by atoms with Crippen LogP contribution in [-0.2, 0) is 5.41 Å². The van der Waals surface area contributed by atoms with Gasteiger partial charge in [-0.15, -0.1) is 0 Å². The zero-order valence-corrected chi connectivity index (χ0v) is 10.8. The van der Waals surface area contributed by atoms with Gasteiger partial charge in [0.1, 0.15) is 0 Å². The van der Waals surface area contributed by atoms with Crippen LogP contribution in [0.1, 0.15) is 56.1 Å². The van der Waals surface area contributed by atoms with Gasteiger partial charge in [-0.1, -0.05) is 41.8 Å². The molecular weight excluding hydrogens is 248 g/mol. The first-order chi connectivity index (χ1) is 7.21. The average molecular weight is 265 g/mol. The summed E-state index contributed by atoms with van der Waals surface area (Å²) in [6.45, 7) is 2.39. The van der Waals surface area contributed by atoms with E-state index in [2.05, 4.69) is 41.1 Å². The van der Waals surface area contributed by atoms with Gasteiger partial charge in [-0.2, -0.15) is 0 Å². The van der Waals surface area contributed by atoms with E-state index in [1.807, 2.05) is 0 Å². The third-order valence-corrected chi connectivity index (χ3v) is 4.87. The molecule has 1 fully saturated rings. The summed E-state index contributed by atoms with van der Waals surface area (Å²) < 4.78 is 1.24. The van der Waals surface area contributed by atoms with Crippen molar-refractivity contribution in [1.82, 2.24) is 0 Å². The molecule has 0 heterocycles. The van der Waals surface area contributed by atoms with Crippen molar-refractivity contribution in [3.8, 4) is 0 Å². The van der Waals surface area contributed by atoms with Crippen LogP contribution in [0.4, 0.5) is 0 Å². The minimum atomic E-state index is 0.565. The molecular formula is C14H17Br. The van der Waals surface area contributed by atoms with Crippen LogP contribution in [0.25, 0.3) is 0 Å². The summed E-state index contributed by atoms with van der Waals surface area (Å²) in [6, 6.07) is 6.93. The van der Waals surface area contributed by atoms with Gasteiger partial charge in [-0.05, 0) is 53.9 Å². The number of rotatable bonds is 0. The van der Waals surface area contributed by atoms with Crippen molar-refractivity contribution < 1.29 is 0 Å². The highest BCUT2D eigenvalue weighted by Gasteiger charge is 2.43. The van der Waals surface area contributed by atoms with Crippen LogP contribution in [0.5, 0.6) is 0 Å². The van der Waals surface area contributed by atoms with Crippen molar-refractivity contribution in [2.24, 2.45) is 0 Å². The van der Waals surface area contributed by atoms with E-state index in [1.54, 1.807) is 11.1 Å². The van der Waals surface area contributed by atoms with Crippen molar-refractivity contribution in [3.05, 3.63) is 33.8 Å². The van der Waals surface area contributed by atoms with Crippen LogP contribution in [0.15, 0.2) is 22.7 Å². The standard InChI is InChI=1S/C14H17Br/c1-10-9-14(6-2-3-7-14)13-5-4-11(15)8-12(10)13/h4-5,8,10H,2-3,6-7,9H2,1H3. The fourth-order valence-electron chi connectivity index (χ4n) is 3.76. The van der Waals surface area contributed by atoms with Crippen LogP contribution < -0.4 is 0 Å². The zero-order chi connectivity index (χ0) is 10.5. The molecule has 1 unspecified atom stereocenters. The van der Waals surface area contributed by atoms with Crippen LogP contribution in [0.2, 0.25) is 0 Å². The van der Waals surface area contributed by atoms with E-state index in [0.29, 0.717) is 5.41 Å².